The molecule has 4 nitrogen and oxygen atoms in total. The summed E-state index contributed by atoms with van der Waals surface area (Å²) in [5.74, 6) is 0.163. The van der Waals surface area contributed by atoms with Crippen LogP contribution in [0.2, 0.25) is 0 Å². The Hall–Kier alpha value is -1.68. The van der Waals surface area contributed by atoms with E-state index in [9.17, 15) is 9.59 Å². The lowest BCUT2D eigenvalue weighted by Gasteiger charge is -2.02. The van der Waals surface area contributed by atoms with Crippen molar-refractivity contribution < 1.29 is 14.3 Å². The molecule has 1 N–H and O–H groups in total. The van der Waals surface area contributed by atoms with E-state index in [1.807, 2.05) is 12.1 Å². The van der Waals surface area contributed by atoms with E-state index in [0.29, 0.717) is 13.1 Å². The molecule has 0 radical (unpaired) electrons. The van der Waals surface area contributed by atoms with Gasteiger partial charge in [0.25, 0.3) is 6.47 Å². The van der Waals surface area contributed by atoms with Crippen molar-refractivity contribution in [1.82, 2.24) is 5.32 Å². The van der Waals surface area contributed by atoms with Crippen molar-refractivity contribution in [2.45, 2.75) is 26.9 Å². The maximum Gasteiger partial charge on any atom is 0.293 e. The predicted molar refractivity (Wildman–Crippen MR) is 64.7 cm³/mol. The summed E-state index contributed by atoms with van der Waals surface area (Å²) in [5.41, 5.74) is 3.32. The number of rotatable bonds is 3. The molecule has 1 aliphatic heterocycles. The third kappa shape index (κ3) is 3.67. The molecule has 0 unspecified atom stereocenters. The van der Waals surface area contributed by atoms with Crippen molar-refractivity contribution in [3.63, 3.8) is 0 Å². The molecule has 2 rings (SSSR count). The fourth-order valence-corrected chi connectivity index (χ4v) is 1.73. The molecule has 92 valence electrons. The summed E-state index contributed by atoms with van der Waals surface area (Å²) in [4.78, 5) is 20.4. The highest BCUT2D eigenvalue weighted by Crippen LogP contribution is 2.19. The Balaban J connectivity index is 0.000000249. The van der Waals surface area contributed by atoms with Crippen LogP contribution in [0, 0.1) is 0 Å². The highest BCUT2D eigenvalue weighted by molar-refractivity contribution is 5.96. The molecule has 1 aromatic rings. The predicted octanol–water partition coefficient (Wildman–Crippen LogP) is 1.67. The summed E-state index contributed by atoms with van der Waals surface area (Å²) in [6.07, 6.45) is 0. The maximum absolute atomic E-state index is 11.2. The number of ether oxygens (including phenoxy) is 1. The van der Waals surface area contributed by atoms with Crippen LogP contribution in [0.25, 0.3) is 0 Å². The number of hydrogen-bond acceptors (Lipinski definition) is 4. The van der Waals surface area contributed by atoms with Gasteiger partial charge in [-0.15, -0.1) is 0 Å². The molecule has 17 heavy (non-hydrogen) atoms. The number of nitrogens with one attached hydrogen (secondary N) is 1. The number of carbonyl (C=O) groups excluding carboxylic acids is 2. The van der Waals surface area contributed by atoms with Crippen LogP contribution in [0.15, 0.2) is 18.2 Å². The van der Waals surface area contributed by atoms with Gasteiger partial charge in [0.1, 0.15) is 0 Å². The quantitative estimate of drug-likeness (QED) is 0.639. The van der Waals surface area contributed by atoms with E-state index in [1.165, 1.54) is 11.1 Å². The summed E-state index contributed by atoms with van der Waals surface area (Å²) < 4.78 is 4.15. The van der Waals surface area contributed by atoms with E-state index in [0.717, 1.165) is 18.7 Å². The second-order valence-electron chi connectivity index (χ2n) is 3.65. The smallest absolute Gasteiger partial charge is 0.293 e. The Morgan fingerprint density at radius 3 is 2.76 bits per heavy atom. The molecule has 0 aromatic heterocycles. The summed E-state index contributed by atoms with van der Waals surface area (Å²) in [7, 11) is 0. The van der Waals surface area contributed by atoms with Crippen molar-refractivity contribution in [3.05, 3.63) is 34.9 Å². The molecule has 0 saturated heterocycles. The van der Waals surface area contributed by atoms with Crippen LogP contribution in [0.4, 0.5) is 0 Å². The lowest BCUT2D eigenvalue weighted by Crippen LogP contribution is -2.02. The van der Waals surface area contributed by atoms with Crippen molar-refractivity contribution in [2.75, 3.05) is 6.61 Å². The Morgan fingerprint density at radius 2 is 2.24 bits per heavy atom. The van der Waals surface area contributed by atoms with Gasteiger partial charge in [-0.2, -0.15) is 0 Å². The van der Waals surface area contributed by atoms with Gasteiger partial charge in [-0.1, -0.05) is 18.2 Å². The van der Waals surface area contributed by atoms with E-state index >= 15 is 0 Å². The molecule has 0 spiro atoms. The molecule has 1 heterocycles. The van der Waals surface area contributed by atoms with Crippen LogP contribution in [0.3, 0.4) is 0 Å². The molecule has 0 saturated carbocycles. The van der Waals surface area contributed by atoms with Gasteiger partial charge in [0.05, 0.1) is 6.61 Å². The Bertz CT molecular complexity index is 402. The van der Waals surface area contributed by atoms with Crippen LogP contribution >= 0.6 is 0 Å². The fourth-order valence-electron chi connectivity index (χ4n) is 1.73. The largest absolute Gasteiger partial charge is 0.468 e. The zero-order valence-electron chi connectivity index (χ0n) is 10.2. The first-order valence-corrected chi connectivity index (χ1v) is 5.58. The summed E-state index contributed by atoms with van der Waals surface area (Å²) in [5, 5.41) is 3.23. The zero-order valence-corrected chi connectivity index (χ0v) is 10.2. The Labute approximate surface area is 101 Å². The highest BCUT2D eigenvalue weighted by Gasteiger charge is 2.15. The van der Waals surface area contributed by atoms with Crippen LogP contribution in [-0.4, -0.2) is 18.9 Å². The summed E-state index contributed by atoms with van der Waals surface area (Å²) in [6.45, 7) is 6.02. The SMILES string of the molecule is CC(=O)c1cccc2c1CNC2.CCOC=O. The minimum Gasteiger partial charge on any atom is -0.468 e. The highest BCUT2D eigenvalue weighted by atomic mass is 16.5. The maximum atomic E-state index is 11.2. The average Bonchev–Trinajstić information content (AvgIpc) is 2.78. The van der Waals surface area contributed by atoms with Crippen LogP contribution in [-0.2, 0) is 22.6 Å². The molecular weight excluding hydrogens is 218 g/mol. The van der Waals surface area contributed by atoms with Crippen molar-refractivity contribution >= 4 is 12.3 Å². The van der Waals surface area contributed by atoms with E-state index < -0.39 is 0 Å². The van der Waals surface area contributed by atoms with Crippen LogP contribution in [0.5, 0.6) is 0 Å². The van der Waals surface area contributed by atoms with Gasteiger partial charge in [-0.05, 0) is 25.0 Å². The fraction of sp³-hybridized carbons (Fsp3) is 0.385. The minimum atomic E-state index is 0.163. The molecule has 0 fully saturated rings. The third-order valence-corrected chi connectivity index (χ3v) is 2.50. The van der Waals surface area contributed by atoms with Crippen molar-refractivity contribution in [1.29, 1.82) is 0 Å². The van der Waals surface area contributed by atoms with Gasteiger partial charge >= 0.3 is 0 Å². The minimum absolute atomic E-state index is 0.163. The molecule has 0 bridgehead atoms. The summed E-state index contributed by atoms with van der Waals surface area (Å²) in [6, 6.07) is 5.92. The number of benzene rings is 1. The topological polar surface area (TPSA) is 55.4 Å². The summed E-state index contributed by atoms with van der Waals surface area (Å²) >= 11 is 0. The Kier molecular flexibility index (Phi) is 5.36. The van der Waals surface area contributed by atoms with Crippen LogP contribution in [0.1, 0.15) is 35.3 Å². The standard InChI is InChI=1S/C10H11NO.C3H6O2/c1-7(12)9-4-2-3-8-5-11-6-10(8)9;1-2-5-3-4/h2-4,11H,5-6H2,1H3;3H,2H2,1H3. The second kappa shape index (κ2) is 6.81. The lowest BCUT2D eigenvalue weighted by molar-refractivity contribution is -0.128. The molecular formula is C13H17NO3. The third-order valence-electron chi connectivity index (χ3n) is 2.50. The first-order chi connectivity index (χ1) is 8.20. The average molecular weight is 235 g/mol. The number of ketones is 1. The second-order valence-corrected chi connectivity index (χ2v) is 3.65. The van der Waals surface area contributed by atoms with Crippen molar-refractivity contribution in [3.8, 4) is 0 Å². The van der Waals surface area contributed by atoms with Crippen molar-refractivity contribution in [2.24, 2.45) is 0 Å². The van der Waals surface area contributed by atoms with Gasteiger partial charge in [-0.3, -0.25) is 9.59 Å². The molecule has 4 heteroatoms. The molecule has 0 amide bonds. The Morgan fingerprint density at radius 1 is 1.47 bits per heavy atom. The van der Waals surface area contributed by atoms with E-state index in [-0.39, 0.29) is 5.78 Å². The van der Waals surface area contributed by atoms with Gasteiger partial charge in [-0.25, -0.2) is 0 Å². The normalized spacial score (nSPS) is 12.1. The lowest BCUT2D eigenvalue weighted by atomic mass is 10.0. The molecule has 0 aliphatic carbocycles. The van der Waals surface area contributed by atoms with E-state index in [4.69, 9.17) is 0 Å². The monoisotopic (exact) mass is 235 g/mol. The van der Waals surface area contributed by atoms with Gasteiger partial charge in [0.15, 0.2) is 5.78 Å². The number of fused-ring (bicyclic) bond motifs is 1. The number of carbonyl (C=O) groups is 2. The molecule has 1 aliphatic rings. The first-order valence-electron chi connectivity index (χ1n) is 5.58. The van der Waals surface area contributed by atoms with Gasteiger partial charge in [0, 0.05) is 18.7 Å². The van der Waals surface area contributed by atoms with Gasteiger partial charge < -0.3 is 10.1 Å². The zero-order chi connectivity index (χ0) is 12.7. The number of hydrogen-bond donors (Lipinski definition) is 1. The number of Topliss-reactive ketones (excluding diaryl/α,β-unsaturated/α-hetero) is 1. The van der Waals surface area contributed by atoms with Gasteiger partial charge in [0.2, 0.25) is 0 Å². The van der Waals surface area contributed by atoms with E-state index in [2.05, 4.69) is 16.1 Å². The molecule has 0 atom stereocenters. The van der Waals surface area contributed by atoms with E-state index in [1.54, 1.807) is 13.8 Å². The molecule has 1 aromatic carbocycles. The first kappa shape index (κ1) is 13.4. The van der Waals surface area contributed by atoms with Crippen LogP contribution < -0.4 is 5.32 Å².